The van der Waals surface area contributed by atoms with Crippen molar-refractivity contribution in [3.05, 3.63) is 65.2 Å². The number of hydrogen-bond donors (Lipinski definition) is 1. The van der Waals surface area contributed by atoms with E-state index in [1.54, 1.807) is 0 Å². The van der Waals surface area contributed by atoms with Crippen molar-refractivity contribution < 1.29 is 14.3 Å². The van der Waals surface area contributed by atoms with Crippen LogP contribution in [0, 0.1) is 12.3 Å². The molecule has 132 valence electrons. The van der Waals surface area contributed by atoms with Crippen LogP contribution in [-0.4, -0.2) is 30.4 Å². The second-order valence-electron chi connectivity index (χ2n) is 7.55. The molecular weight excluding hydrogens is 328 g/mol. The van der Waals surface area contributed by atoms with Crippen molar-refractivity contribution in [3.63, 3.8) is 0 Å². The fourth-order valence-electron chi connectivity index (χ4n) is 5.26. The fraction of sp³-hybridized carbons (Fsp3) is 0.333. The number of likely N-dealkylation sites (N-methyl/N-ethyl adjacent to an activating group) is 1. The highest BCUT2D eigenvalue weighted by Crippen LogP contribution is 2.67. The lowest BCUT2D eigenvalue weighted by Crippen LogP contribution is -2.59. The SMILES string of the molecule is Cc1cccc([C@H]2OC(=O)[C@]34c5ccccc5NC(=O)[C@]23CCN4C)c1. The molecule has 2 fully saturated rings. The van der Waals surface area contributed by atoms with Crippen LogP contribution in [0.3, 0.4) is 0 Å². The smallest absolute Gasteiger partial charge is 0.333 e. The zero-order valence-corrected chi connectivity index (χ0v) is 14.8. The largest absolute Gasteiger partial charge is 0.455 e. The van der Waals surface area contributed by atoms with Gasteiger partial charge in [-0.05, 0) is 32.0 Å². The maximum atomic E-state index is 13.4. The van der Waals surface area contributed by atoms with Gasteiger partial charge in [-0.1, -0.05) is 48.0 Å². The van der Waals surface area contributed by atoms with Crippen molar-refractivity contribution in [2.45, 2.75) is 25.0 Å². The Morgan fingerprint density at radius 2 is 1.96 bits per heavy atom. The van der Waals surface area contributed by atoms with Gasteiger partial charge in [0.1, 0.15) is 11.5 Å². The zero-order valence-electron chi connectivity index (χ0n) is 14.8. The molecule has 0 bridgehead atoms. The standard InChI is InChI=1S/C21H20N2O3/c1-13-6-5-7-14(12-13)17-20-10-11-23(2)21(20,19(25)26-17)15-8-3-4-9-16(15)22-18(20)24/h3-9,12,17H,10-11H2,1-2H3,(H,22,24)/t17-,20+,21-/m1/s1. The first-order valence-corrected chi connectivity index (χ1v) is 8.91. The van der Waals surface area contributed by atoms with E-state index < -0.39 is 17.1 Å². The van der Waals surface area contributed by atoms with E-state index >= 15 is 0 Å². The topological polar surface area (TPSA) is 58.6 Å². The second kappa shape index (κ2) is 4.95. The molecule has 0 aromatic heterocycles. The number of rotatable bonds is 1. The summed E-state index contributed by atoms with van der Waals surface area (Å²) in [4.78, 5) is 28.8. The number of cyclic esters (lactones) is 1. The molecule has 0 radical (unpaired) electrons. The average molecular weight is 348 g/mol. The number of anilines is 1. The molecule has 0 aliphatic carbocycles. The van der Waals surface area contributed by atoms with E-state index in [1.807, 2.05) is 67.4 Å². The van der Waals surface area contributed by atoms with Gasteiger partial charge < -0.3 is 10.1 Å². The number of aryl methyl sites for hydroxylation is 1. The molecule has 5 heteroatoms. The Morgan fingerprint density at radius 1 is 1.15 bits per heavy atom. The van der Waals surface area contributed by atoms with Crippen LogP contribution in [0.4, 0.5) is 5.69 Å². The molecule has 1 amide bonds. The number of carbonyl (C=O) groups is 2. The minimum atomic E-state index is -1.07. The maximum absolute atomic E-state index is 13.4. The van der Waals surface area contributed by atoms with E-state index in [4.69, 9.17) is 4.74 Å². The molecule has 5 nitrogen and oxygen atoms in total. The van der Waals surface area contributed by atoms with Crippen LogP contribution in [0.1, 0.15) is 29.2 Å². The van der Waals surface area contributed by atoms with Gasteiger partial charge in [-0.15, -0.1) is 0 Å². The normalized spacial score (nSPS) is 32.5. The van der Waals surface area contributed by atoms with Crippen LogP contribution in [0.2, 0.25) is 0 Å². The van der Waals surface area contributed by atoms with Crippen molar-refractivity contribution in [1.29, 1.82) is 0 Å². The molecule has 3 heterocycles. The quantitative estimate of drug-likeness (QED) is 0.805. The number of para-hydroxylation sites is 1. The van der Waals surface area contributed by atoms with E-state index in [1.165, 1.54) is 0 Å². The van der Waals surface area contributed by atoms with Crippen LogP contribution in [0.15, 0.2) is 48.5 Å². The minimum Gasteiger partial charge on any atom is -0.455 e. The number of esters is 1. The summed E-state index contributed by atoms with van der Waals surface area (Å²) in [5.74, 6) is -0.454. The lowest BCUT2D eigenvalue weighted by molar-refractivity contribution is -0.150. The molecule has 5 rings (SSSR count). The molecule has 0 unspecified atom stereocenters. The molecule has 3 aliphatic rings. The highest BCUT2D eigenvalue weighted by atomic mass is 16.6. The summed E-state index contributed by atoms with van der Waals surface area (Å²) in [6.07, 6.45) is -0.0122. The predicted molar refractivity (Wildman–Crippen MR) is 96.4 cm³/mol. The van der Waals surface area contributed by atoms with Gasteiger partial charge in [-0.2, -0.15) is 0 Å². The van der Waals surface area contributed by atoms with Crippen molar-refractivity contribution >= 4 is 17.6 Å². The molecule has 0 saturated carbocycles. The van der Waals surface area contributed by atoms with E-state index in [-0.39, 0.29) is 11.9 Å². The van der Waals surface area contributed by atoms with E-state index in [0.29, 0.717) is 18.7 Å². The summed E-state index contributed by atoms with van der Waals surface area (Å²) in [6.45, 7) is 2.67. The van der Waals surface area contributed by atoms with Crippen LogP contribution in [-0.2, 0) is 19.9 Å². The molecule has 2 aromatic carbocycles. The maximum Gasteiger partial charge on any atom is 0.333 e. The Morgan fingerprint density at radius 3 is 2.77 bits per heavy atom. The Hall–Kier alpha value is -2.66. The number of likely N-dealkylation sites (tertiary alicyclic amines) is 1. The highest BCUT2D eigenvalue weighted by Gasteiger charge is 2.78. The molecule has 1 N–H and O–H groups in total. The van der Waals surface area contributed by atoms with Gasteiger partial charge in [0.2, 0.25) is 5.91 Å². The lowest BCUT2D eigenvalue weighted by atomic mass is 9.61. The molecule has 3 aliphatic heterocycles. The number of nitrogens with zero attached hydrogens (tertiary/aromatic N) is 1. The number of benzene rings is 2. The van der Waals surface area contributed by atoms with Gasteiger partial charge in [0.05, 0.1) is 0 Å². The first-order valence-electron chi connectivity index (χ1n) is 8.91. The van der Waals surface area contributed by atoms with E-state index in [9.17, 15) is 9.59 Å². The second-order valence-corrected chi connectivity index (χ2v) is 7.55. The summed E-state index contributed by atoms with van der Waals surface area (Å²) < 4.78 is 5.95. The first-order chi connectivity index (χ1) is 12.5. The van der Waals surface area contributed by atoms with Gasteiger partial charge in [-0.3, -0.25) is 9.69 Å². The van der Waals surface area contributed by atoms with Crippen molar-refractivity contribution in [2.75, 3.05) is 18.9 Å². The number of amides is 1. The number of fused-ring (bicyclic) bond motifs is 1. The van der Waals surface area contributed by atoms with Crippen molar-refractivity contribution in [3.8, 4) is 0 Å². The van der Waals surface area contributed by atoms with Gasteiger partial charge in [0.25, 0.3) is 0 Å². The molecule has 2 aromatic rings. The van der Waals surface area contributed by atoms with Crippen molar-refractivity contribution in [1.82, 2.24) is 4.90 Å². The molecule has 26 heavy (non-hydrogen) atoms. The van der Waals surface area contributed by atoms with Crippen molar-refractivity contribution in [2.24, 2.45) is 5.41 Å². The molecule has 0 spiro atoms. The number of carbonyl (C=O) groups excluding carboxylic acids is 2. The third-order valence-corrected chi connectivity index (χ3v) is 6.34. The number of hydrogen-bond acceptors (Lipinski definition) is 4. The zero-order chi connectivity index (χ0) is 18.1. The van der Waals surface area contributed by atoms with Crippen LogP contribution < -0.4 is 5.32 Å². The van der Waals surface area contributed by atoms with Gasteiger partial charge in [-0.25, -0.2) is 4.79 Å². The summed E-state index contributed by atoms with van der Waals surface area (Å²) in [7, 11) is 1.91. The molecule has 3 atom stereocenters. The summed E-state index contributed by atoms with van der Waals surface area (Å²) in [5, 5.41) is 3.05. The van der Waals surface area contributed by atoms with Crippen LogP contribution in [0.25, 0.3) is 0 Å². The van der Waals surface area contributed by atoms with Gasteiger partial charge >= 0.3 is 5.97 Å². The van der Waals surface area contributed by atoms with E-state index in [0.717, 1.165) is 16.7 Å². The lowest BCUT2D eigenvalue weighted by Gasteiger charge is -2.45. The number of ether oxygens (including phenoxy) is 1. The Kier molecular flexibility index (Phi) is 2.97. The first kappa shape index (κ1) is 15.6. The Bertz CT molecular complexity index is 956. The molecular formula is C21H20N2O3. The number of nitrogens with one attached hydrogen (secondary N) is 1. The van der Waals surface area contributed by atoms with E-state index in [2.05, 4.69) is 5.32 Å². The monoisotopic (exact) mass is 348 g/mol. The Balaban J connectivity index is 1.82. The minimum absolute atomic E-state index is 0.127. The fourth-order valence-corrected chi connectivity index (χ4v) is 5.26. The third-order valence-electron chi connectivity index (χ3n) is 6.34. The van der Waals surface area contributed by atoms with Gasteiger partial charge in [0.15, 0.2) is 5.54 Å². The third kappa shape index (κ3) is 1.56. The summed E-state index contributed by atoms with van der Waals surface area (Å²) >= 11 is 0. The average Bonchev–Trinajstić information content (AvgIpc) is 3.09. The van der Waals surface area contributed by atoms with Gasteiger partial charge in [0, 0.05) is 17.8 Å². The molecule has 2 saturated heterocycles. The van der Waals surface area contributed by atoms with Crippen LogP contribution in [0.5, 0.6) is 0 Å². The van der Waals surface area contributed by atoms with Crippen LogP contribution >= 0.6 is 0 Å². The summed E-state index contributed by atoms with van der Waals surface area (Å²) in [6, 6.07) is 15.5. The summed E-state index contributed by atoms with van der Waals surface area (Å²) in [5.41, 5.74) is 1.46. The predicted octanol–water partition coefficient (Wildman–Crippen LogP) is 2.76. The highest BCUT2D eigenvalue weighted by molar-refractivity contribution is 6.09. The Labute approximate surface area is 152 Å².